The highest BCUT2D eigenvalue weighted by molar-refractivity contribution is 6.09. The summed E-state index contributed by atoms with van der Waals surface area (Å²) in [5.41, 5.74) is 1.94. The van der Waals surface area contributed by atoms with Crippen LogP contribution in [0, 0.1) is 17.0 Å². The largest absolute Gasteiger partial charge is 0.493 e. The molecule has 0 saturated carbocycles. The molecule has 124 valence electrons. The number of methoxy groups -OCH3 is 2. The fourth-order valence-corrected chi connectivity index (χ4v) is 2.28. The van der Waals surface area contributed by atoms with Crippen LogP contribution in [0.4, 0.5) is 5.69 Å². The number of ether oxygens (including phenoxy) is 2. The van der Waals surface area contributed by atoms with E-state index in [1.807, 2.05) is 6.92 Å². The lowest BCUT2D eigenvalue weighted by atomic mass is 10.0. The number of allylic oxidation sites excluding steroid dienone is 1. The number of nitro benzene ring substituents is 1. The molecule has 6 nitrogen and oxygen atoms in total. The first-order chi connectivity index (χ1) is 11.5. The first-order valence-electron chi connectivity index (χ1n) is 7.16. The Bertz CT molecular complexity index is 794. The van der Waals surface area contributed by atoms with Gasteiger partial charge in [0.05, 0.1) is 24.7 Å². The van der Waals surface area contributed by atoms with Crippen molar-refractivity contribution in [2.24, 2.45) is 0 Å². The molecule has 0 atom stereocenters. The first kappa shape index (κ1) is 17.2. The standard InChI is InChI=1S/C18H17NO5/c1-12-4-10-15(18(24-3)17(12)23-2)16(20)11-7-13-5-8-14(9-6-13)19(21)22/h4-11H,1-3H3/b11-7+. The van der Waals surface area contributed by atoms with Crippen LogP contribution >= 0.6 is 0 Å². The Morgan fingerprint density at radius 2 is 1.67 bits per heavy atom. The molecule has 0 heterocycles. The van der Waals surface area contributed by atoms with Crippen LogP contribution < -0.4 is 9.47 Å². The minimum absolute atomic E-state index is 0.00316. The van der Waals surface area contributed by atoms with Crippen molar-refractivity contribution < 1.29 is 19.2 Å². The van der Waals surface area contributed by atoms with Gasteiger partial charge in [0.15, 0.2) is 17.3 Å². The summed E-state index contributed by atoms with van der Waals surface area (Å²) in [6, 6.07) is 9.40. The quantitative estimate of drug-likeness (QED) is 0.349. The highest BCUT2D eigenvalue weighted by atomic mass is 16.6. The monoisotopic (exact) mass is 327 g/mol. The minimum atomic E-state index is -0.470. The zero-order chi connectivity index (χ0) is 17.7. The average Bonchev–Trinajstić information content (AvgIpc) is 2.59. The number of hydrogen-bond acceptors (Lipinski definition) is 5. The molecule has 2 aromatic carbocycles. The number of benzene rings is 2. The molecule has 0 amide bonds. The molecule has 0 fully saturated rings. The summed E-state index contributed by atoms with van der Waals surface area (Å²) in [6.07, 6.45) is 2.99. The zero-order valence-corrected chi connectivity index (χ0v) is 13.6. The zero-order valence-electron chi connectivity index (χ0n) is 13.6. The van der Waals surface area contributed by atoms with Crippen molar-refractivity contribution in [2.75, 3.05) is 14.2 Å². The van der Waals surface area contributed by atoms with Crippen LogP contribution in [-0.2, 0) is 0 Å². The molecule has 0 aliphatic carbocycles. The summed E-state index contributed by atoms with van der Waals surface area (Å²) >= 11 is 0. The third-order valence-electron chi connectivity index (χ3n) is 3.51. The van der Waals surface area contributed by atoms with Crippen LogP contribution in [0.2, 0.25) is 0 Å². The Hall–Kier alpha value is -3.15. The number of rotatable bonds is 6. The average molecular weight is 327 g/mol. The Labute approximate surface area is 139 Å². The predicted molar refractivity (Wildman–Crippen MR) is 90.7 cm³/mol. The summed E-state index contributed by atoms with van der Waals surface area (Å²) in [4.78, 5) is 22.6. The van der Waals surface area contributed by atoms with E-state index in [0.29, 0.717) is 22.6 Å². The second-order valence-corrected chi connectivity index (χ2v) is 5.04. The van der Waals surface area contributed by atoms with Crippen molar-refractivity contribution in [2.45, 2.75) is 6.92 Å². The van der Waals surface area contributed by atoms with Crippen LogP contribution in [0.15, 0.2) is 42.5 Å². The van der Waals surface area contributed by atoms with Gasteiger partial charge in [0.1, 0.15) is 0 Å². The lowest BCUT2D eigenvalue weighted by Gasteiger charge is -2.13. The number of carbonyl (C=O) groups is 1. The van der Waals surface area contributed by atoms with E-state index in [1.165, 1.54) is 32.4 Å². The Morgan fingerprint density at radius 1 is 1.04 bits per heavy atom. The van der Waals surface area contributed by atoms with Gasteiger partial charge in [-0.1, -0.05) is 12.1 Å². The summed E-state index contributed by atoms with van der Waals surface area (Å²) in [7, 11) is 3.00. The van der Waals surface area contributed by atoms with Gasteiger partial charge in [-0.15, -0.1) is 0 Å². The van der Waals surface area contributed by atoms with Gasteiger partial charge in [0, 0.05) is 12.1 Å². The molecule has 24 heavy (non-hydrogen) atoms. The summed E-state index contributed by atoms with van der Waals surface area (Å²) < 4.78 is 10.6. The first-order valence-corrected chi connectivity index (χ1v) is 7.16. The minimum Gasteiger partial charge on any atom is -0.493 e. The molecule has 2 rings (SSSR count). The van der Waals surface area contributed by atoms with E-state index in [0.717, 1.165) is 5.56 Å². The Morgan fingerprint density at radius 3 is 2.21 bits per heavy atom. The highest BCUT2D eigenvalue weighted by Crippen LogP contribution is 2.34. The van der Waals surface area contributed by atoms with Crippen LogP contribution in [0.3, 0.4) is 0 Å². The van der Waals surface area contributed by atoms with Crippen LogP contribution in [0.25, 0.3) is 6.08 Å². The van der Waals surface area contributed by atoms with Gasteiger partial charge in [-0.05, 0) is 42.3 Å². The SMILES string of the molecule is COc1c(C)ccc(C(=O)/C=C/c2ccc([N+](=O)[O-])cc2)c1OC. The Kier molecular flexibility index (Phi) is 5.31. The summed E-state index contributed by atoms with van der Waals surface area (Å²) in [6.45, 7) is 1.86. The van der Waals surface area contributed by atoms with Gasteiger partial charge >= 0.3 is 0 Å². The topological polar surface area (TPSA) is 78.7 Å². The number of nitrogens with zero attached hydrogens (tertiary/aromatic N) is 1. The molecule has 0 spiro atoms. The lowest BCUT2D eigenvalue weighted by Crippen LogP contribution is -2.02. The Balaban J connectivity index is 2.28. The fourth-order valence-electron chi connectivity index (χ4n) is 2.28. The van der Waals surface area contributed by atoms with Crippen molar-refractivity contribution >= 4 is 17.5 Å². The lowest BCUT2D eigenvalue weighted by molar-refractivity contribution is -0.384. The van der Waals surface area contributed by atoms with Gasteiger partial charge in [-0.25, -0.2) is 0 Å². The summed E-state index contributed by atoms with van der Waals surface area (Å²) in [5.74, 6) is 0.659. The smallest absolute Gasteiger partial charge is 0.269 e. The molecule has 2 aromatic rings. The van der Waals surface area contributed by atoms with E-state index in [-0.39, 0.29) is 11.5 Å². The molecular weight excluding hydrogens is 310 g/mol. The van der Waals surface area contributed by atoms with Crippen molar-refractivity contribution in [3.05, 3.63) is 69.3 Å². The van der Waals surface area contributed by atoms with E-state index in [1.54, 1.807) is 30.3 Å². The molecule has 0 N–H and O–H groups in total. The second kappa shape index (κ2) is 7.41. The maximum atomic E-state index is 12.4. The second-order valence-electron chi connectivity index (χ2n) is 5.04. The van der Waals surface area contributed by atoms with Crippen molar-refractivity contribution in [3.63, 3.8) is 0 Å². The third-order valence-corrected chi connectivity index (χ3v) is 3.51. The van der Waals surface area contributed by atoms with Crippen molar-refractivity contribution in [1.29, 1.82) is 0 Å². The molecule has 0 aromatic heterocycles. The van der Waals surface area contributed by atoms with E-state index >= 15 is 0 Å². The fraction of sp³-hybridized carbons (Fsp3) is 0.167. The van der Waals surface area contributed by atoms with Gasteiger partial charge < -0.3 is 9.47 Å². The van der Waals surface area contributed by atoms with Gasteiger partial charge in [-0.2, -0.15) is 0 Å². The molecule has 0 bridgehead atoms. The molecule has 0 unspecified atom stereocenters. The van der Waals surface area contributed by atoms with Gasteiger partial charge in [0.2, 0.25) is 0 Å². The van der Waals surface area contributed by atoms with E-state index in [4.69, 9.17) is 9.47 Å². The normalized spacial score (nSPS) is 10.6. The highest BCUT2D eigenvalue weighted by Gasteiger charge is 2.16. The number of aryl methyl sites for hydroxylation is 1. The van der Waals surface area contributed by atoms with E-state index in [9.17, 15) is 14.9 Å². The van der Waals surface area contributed by atoms with Gasteiger partial charge in [0.25, 0.3) is 5.69 Å². The van der Waals surface area contributed by atoms with Crippen LogP contribution in [0.5, 0.6) is 11.5 Å². The van der Waals surface area contributed by atoms with Crippen molar-refractivity contribution in [1.82, 2.24) is 0 Å². The van der Waals surface area contributed by atoms with Crippen LogP contribution in [-0.4, -0.2) is 24.9 Å². The molecule has 0 aliphatic rings. The molecule has 0 saturated heterocycles. The molecule has 6 heteroatoms. The molecular formula is C18H17NO5. The van der Waals surface area contributed by atoms with Crippen molar-refractivity contribution in [3.8, 4) is 11.5 Å². The van der Waals surface area contributed by atoms with E-state index < -0.39 is 4.92 Å². The maximum Gasteiger partial charge on any atom is 0.269 e. The molecule has 0 radical (unpaired) electrons. The number of nitro groups is 1. The number of ketones is 1. The van der Waals surface area contributed by atoms with Crippen LogP contribution in [0.1, 0.15) is 21.5 Å². The van der Waals surface area contributed by atoms with Gasteiger partial charge in [-0.3, -0.25) is 14.9 Å². The summed E-state index contributed by atoms with van der Waals surface area (Å²) in [5, 5.41) is 10.6. The van der Waals surface area contributed by atoms with E-state index in [2.05, 4.69) is 0 Å². The third kappa shape index (κ3) is 3.60. The maximum absolute atomic E-state index is 12.4. The number of non-ortho nitro benzene ring substituents is 1. The number of carbonyl (C=O) groups excluding carboxylic acids is 1. The predicted octanol–water partition coefficient (Wildman–Crippen LogP) is 3.82. The molecule has 0 aliphatic heterocycles. The number of hydrogen-bond donors (Lipinski definition) is 0.